The summed E-state index contributed by atoms with van der Waals surface area (Å²) >= 11 is 12.3. The lowest BCUT2D eigenvalue weighted by molar-refractivity contribution is 0.302. The Morgan fingerprint density at radius 3 is 2.67 bits per heavy atom. The summed E-state index contributed by atoms with van der Waals surface area (Å²) in [5, 5.41) is 4.48. The van der Waals surface area contributed by atoms with Crippen LogP contribution in [0.4, 0.5) is 0 Å². The molecule has 2 rings (SSSR count). The summed E-state index contributed by atoms with van der Waals surface area (Å²) in [6, 6.07) is 7.42. The third-order valence-electron chi connectivity index (χ3n) is 2.96. The van der Waals surface area contributed by atoms with Crippen molar-refractivity contribution in [2.24, 2.45) is 0 Å². The minimum atomic E-state index is 0.449. The van der Waals surface area contributed by atoms with Crippen molar-refractivity contribution in [1.82, 2.24) is 10.3 Å². The molecule has 0 radical (unpaired) electrons. The van der Waals surface area contributed by atoms with E-state index in [2.05, 4.69) is 17.2 Å². The molecule has 112 valence electrons. The summed E-state index contributed by atoms with van der Waals surface area (Å²) < 4.78 is 5.88. The molecule has 0 spiro atoms. The van der Waals surface area contributed by atoms with E-state index in [9.17, 15) is 0 Å². The van der Waals surface area contributed by atoms with Crippen molar-refractivity contribution in [3.8, 4) is 5.75 Å². The van der Waals surface area contributed by atoms with Crippen LogP contribution in [0.1, 0.15) is 24.5 Å². The Labute approximate surface area is 135 Å². The predicted molar refractivity (Wildman–Crippen MR) is 87.0 cm³/mol. The van der Waals surface area contributed by atoms with Gasteiger partial charge in [-0.05, 0) is 42.8 Å². The van der Waals surface area contributed by atoms with Crippen LogP contribution in [-0.2, 0) is 13.2 Å². The molecule has 1 N–H and O–H groups in total. The third-order valence-corrected chi connectivity index (χ3v) is 3.46. The van der Waals surface area contributed by atoms with E-state index in [0.29, 0.717) is 28.9 Å². The zero-order valence-electron chi connectivity index (χ0n) is 11.9. The second-order valence-corrected chi connectivity index (χ2v) is 5.54. The lowest BCUT2D eigenvalue weighted by atomic mass is 10.2. The molecule has 0 aliphatic carbocycles. The zero-order valence-corrected chi connectivity index (χ0v) is 13.4. The van der Waals surface area contributed by atoms with Gasteiger partial charge in [0.2, 0.25) is 0 Å². The van der Waals surface area contributed by atoms with Crippen molar-refractivity contribution in [3.63, 3.8) is 0 Å². The number of hydrogen-bond donors (Lipinski definition) is 1. The van der Waals surface area contributed by atoms with Crippen molar-refractivity contribution < 1.29 is 4.74 Å². The molecule has 1 aromatic heterocycles. The van der Waals surface area contributed by atoms with E-state index in [1.54, 1.807) is 18.5 Å². The number of ether oxygens (including phenoxy) is 1. The first-order chi connectivity index (χ1) is 10.2. The predicted octanol–water partition coefficient (Wildman–Crippen LogP) is 4.47. The third kappa shape index (κ3) is 4.88. The van der Waals surface area contributed by atoms with Crippen LogP contribution in [-0.4, -0.2) is 11.5 Å². The number of benzene rings is 1. The molecule has 0 unspecified atom stereocenters. The van der Waals surface area contributed by atoms with Crippen LogP contribution in [0.5, 0.6) is 5.75 Å². The Hall–Kier alpha value is -1.29. The molecule has 0 saturated carbocycles. The van der Waals surface area contributed by atoms with Crippen molar-refractivity contribution in [1.29, 1.82) is 0 Å². The van der Waals surface area contributed by atoms with Gasteiger partial charge in [0.1, 0.15) is 12.4 Å². The molecule has 0 amide bonds. The molecular formula is C16H18Cl2N2O. The summed E-state index contributed by atoms with van der Waals surface area (Å²) in [6.07, 6.45) is 4.55. The molecule has 2 aromatic rings. The molecule has 1 aromatic carbocycles. The Morgan fingerprint density at radius 1 is 1.19 bits per heavy atom. The average molecular weight is 325 g/mol. The fourth-order valence-corrected chi connectivity index (χ4v) is 2.53. The van der Waals surface area contributed by atoms with Gasteiger partial charge in [-0.3, -0.25) is 4.98 Å². The highest BCUT2D eigenvalue weighted by atomic mass is 35.5. The first-order valence-electron chi connectivity index (χ1n) is 6.91. The highest BCUT2D eigenvalue weighted by Gasteiger charge is 2.11. The smallest absolute Gasteiger partial charge is 0.142 e. The van der Waals surface area contributed by atoms with Gasteiger partial charge in [-0.25, -0.2) is 0 Å². The van der Waals surface area contributed by atoms with Gasteiger partial charge in [-0.2, -0.15) is 0 Å². The summed E-state index contributed by atoms with van der Waals surface area (Å²) in [7, 11) is 0. The second kappa shape index (κ2) is 8.23. The van der Waals surface area contributed by atoms with E-state index in [4.69, 9.17) is 27.9 Å². The number of aromatic nitrogens is 1. The monoisotopic (exact) mass is 324 g/mol. The minimum Gasteiger partial charge on any atom is -0.487 e. The van der Waals surface area contributed by atoms with Gasteiger partial charge < -0.3 is 10.1 Å². The first kappa shape index (κ1) is 16.1. The molecule has 0 fully saturated rings. The molecule has 0 atom stereocenters. The van der Waals surface area contributed by atoms with Crippen LogP contribution >= 0.6 is 23.2 Å². The van der Waals surface area contributed by atoms with E-state index < -0.39 is 0 Å². The number of pyridine rings is 1. The van der Waals surface area contributed by atoms with Crippen molar-refractivity contribution >= 4 is 23.2 Å². The standard InChI is InChI=1S/C16H18Cl2N2O/c1-2-5-20-10-13-8-14(17)9-15(18)16(13)21-11-12-3-6-19-7-4-12/h3-4,6-9,20H,2,5,10-11H2,1H3. The number of rotatable bonds is 7. The van der Waals surface area contributed by atoms with Crippen LogP contribution in [0.25, 0.3) is 0 Å². The Balaban J connectivity index is 2.12. The second-order valence-electron chi connectivity index (χ2n) is 4.70. The van der Waals surface area contributed by atoms with Gasteiger partial charge in [0.15, 0.2) is 0 Å². The fraction of sp³-hybridized carbons (Fsp3) is 0.312. The summed E-state index contributed by atoms with van der Waals surface area (Å²) in [4.78, 5) is 3.99. The summed E-state index contributed by atoms with van der Waals surface area (Å²) in [6.45, 7) is 4.19. The van der Waals surface area contributed by atoms with Crippen molar-refractivity contribution in [2.75, 3.05) is 6.54 Å². The van der Waals surface area contributed by atoms with Crippen LogP contribution in [0, 0.1) is 0 Å². The van der Waals surface area contributed by atoms with Gasteiger partial charge >= 0.3 is 0 Å². The molecule has 21 heavy (non-hydrogen) atoms. The SMILES string of the molecule is CCCNCc1cc(Cl)cc(Cl)c1OCc1ccncc1. The fourth-order valence-electron chi connectivity index (χ4n) is 1.94. The maximum absolute atomic E-state index is 6.26. The van der Waals surface area contributed by atoms with Crippen molar-refractivity contribution in [3.05, 3.63) is 57.8 Å². The quantitative estimate of drug-likeness (QED) is 0.763. The summed E-state index contributed by atoms with van der Waals surface area (Å²) in [5.74, 6) is 0.682. The lowest BCUT2D eigenvalue weighted by Crippen LogP contribution is -2.15. The molecular weight excluding hydrogens is 307 g/mol. The van der Waals surface area contributed by atoms with Gasteiger partial charge in [0.05, 0.1) is 5.02 Å². The highest BCUT2D eigenvalue weighted by Crippen LogP contribution is 2.33. The van der Waals surface area contributed by atoms with E-state index in [0.717, 1.165) is 24.1 Å². The number of nitrogens with one attached hydrogen (secondary N) is 1. The number of hydrogen-bond acceptors (Lipinski definition) is 3. The van der Waals surface area contributed by atoms with Crippen molar-refractivity contribution in [2.45, 2.75) is 26.5 Å². The summed E-state index contributed by atoms with van der Waals surface area (Å²) in [5.41, 5.74) is 2.01. The topological polar surface area (TPSA) is 34.1 Å². The average Bonchev–Trinajstić information content (AvgIpc) is 2.47. The molecule has 0 aliphatic heterocycles. The van der Waals surface area contributed by atoms with Crippen LogP contribution in [0.15, 0.2) is 36.7 Å². The Morgan fingerprint density at radius 2 is 1.95 bits per heavy atom. The number of nitrogens with zero attached hydrogens (tertiary/aromatic N) is 1. The van der Waals surface area contributed by atoms with E-state index in [1.807, 2.05) is 18.2 Å². The highest BCUT2D eigenvalue weighted by molar-refractivity contribution is 6.35. The molecule has 0 aliphatic rings. The van der Waals surface area contributed by atoms with Crippen LogP contribution in [0.2, 0.25) is 10.0 Å². The Kier molecular flexibility index (Phi) is 6.30. The Bertz CT molecular complexity index is 576. The first-order valence-corrected chi connectivity index (χ1v) is 7.66. The normalized spacial score (nSPS) is 10.6. The largest absolute Gasteiger partial charge is 0.487 e. The molecule has 3 nitrogen and oxygen atoms in total. The molecule has 1 heterocycles. The van der Waals surface area contributed by atoms with Gasteiger partial charge in [0.25, 0.3) is 0 Å². The van der Waals surface area contributed by atoms with E-state index >= 15 is 0 Å². The van der Waals surface area contributed by atoms with E-state index in [1.165, 1.54) is 0 Å². The molecule has 0 saturated heterocycles. The minimum absolute atomic E-state index is 0.449. The molecule has 5 heteroatoms. The number of halogens is 2. The van der Waals surface area contributed by atoms with E-state index in [-0.39, 0.29) is 0 Å². The lowest BCUT2D eigenvalue weighted by Gasteiger charge is -2.14. The maximum atomic E-state index is 6.26. The zero-order chi connectivity index (χ0) is 15.1. The van der Waals surface area contributed by atoms with Crippen LogP contribution in [0.3, 0.4) is 0 Å². The van der Waals surface area contributed by atoms with Gasteiger partial charge in [-0.15, -0.1) is 0 Å². The van der Waals surface area contributed by atoms with Gasteiger partial charge in [-0.1, -0.05) is 30.1 Å². The van der Waals surface area contributed by atoms with Gasteiger partial charge in [0, 0.05) is 29.5 Å². The van der Waals surface area contributed by atoms with Crippen LogP contribution < -0.4 is 10.1 Å². The molecule has 0 bridgehead atoms. The maximum Gasteiger partial charge on any atom is 0.142 e.